The van der Waals surface area contributed by atoms with Gasteiger partial charge in [-0.3, -0.25) is 0 Å². The molecule has 0 aromatic carbocycles. The quantitative estimate of drug-likeness (QED) is 0.471. The van der Waals surface area contributed by atoms with E-state index in [1.54, 1.807) is 6.08 Å². The minimum absolute atomic E-state index is 0.0926. The van der Waals surface area contributed by atoms with Gasteiger partial charge in [0.15, 0.2) is 0 Å². The fraction of sp³-hybridized carbons (Fsp3) is 0.250. The molecule has 0 unspecified atom stereocenters. The Balaban J connectivity index is 2.32. The summed E-state index contributed by atoms with van der Waals surface area (Å²) in [5.74, 6) is 0. The van der Waals surface area contributed by atoms with Crippen molar-refractivity contribution in [2.24, 2.45) is 0 Å². The summed E-state index contributed by atoms with van der Waals surface area (Å²) in [5.41, 5.74) is 0. The van der Waals surface area contributed by atoms with Gasteiger partial charge in [0.2, 0.25) is 0 Å². The van der Waals surface area contributed by atoms with E-state index in [-0.39, 0.29) is 6.29 Å². The SMILES string of the molecule is O[C]1CC=CO1. The van der Waals surface area contributed by atoms with Gasteiger partial charge in [-0.25, -0.2) is 0 Å². The third kappa shape index (κ3) is 0.518. The van der Waals surface area contributed by atoms with Crippen LogP contribution in [0.15, 0.2) is 12.3 Å². The van der Waals surface area contributed by atoms with E-state index in [9.17, 15) is 0 Å². The third-order valence-corrected chi connectivity index (χ3v) is 0.593. The first-order valence-electron chi connectivity index (χ1n) is 1.76. The third-order valence-electron chi connectivity index (χ3n) is 0.593. The van der Waals surface area contributed by atoms with Crippen LogP contribution in [0.1, 0.15) is 6.42 Å². The van der Waals surface area contributed by atoms with Crippen LogP contribution in [-0.2, 0) is 4.74 Å². The second-order valence-electron chi connectivity index (χ2n) is 1.09. The summed E-state index contributed by atoms with van der Waals surface area (Å²) in [6, 6.07) is 0. The molecule has 0 atom stereocenters. The van der Waals surface area contributed by atoms with E-state index in [0.717, 1.165) is 0 Å². The van der Waals surface area contributed by atoms with Crippen LogP contribution in [0.3, 0.4) is 0 Å². The van der Waals surface area contributed by atoms with E-state index in [0.29, 0.717) is 6.42 Å². The first kappa shape index (κ1) is 3.68. The highest BCUT2D eigenvalue weighted by Gasteiger charge is 2.05. The summed E-state index contributed by atoms with van der Waals surface area (Å²) in [5, 5.41) is 8.36. The Bertz CT molecular complexity index is 59.9. The van der Waals surface area contributed by atoms with Gasteiger partial charge in [0.05, 0.1) is 6.26 Å². The van der Waals surface area contributed by atoms with E-state index in [1.165, 1.54) is 6.26 Å². The molecule has 33 valence electrons. The van der Waals surface area contributed by atoms with Crippen molar-refractivity contribution in [2.75, 3.05) is 0 Å². The second kappa shape index (κ2) is 1.30. The van der Waals surface area contributed by atoms with E-state index < -0.39 is 0 Å². The Morgan fingerprint density at radius 1 is 1.83 bits per heavy atom. The van der Waals surface area contributed by atoms with Gasteiger partial charge in [0.1, 0.15) is 0 Å². The zero-order chi connectivity index (χ0) is 4.41. The van der Waals surface area contributed by atoms with Gasteiger partial charge in [-0.2, -0.15) is 0 Å². The molecule has 0 aromatic rings. The molecule has 0 spiro atoms. The number of aliphatic hydroxyl groups is 1. The van der Waals surface area contributed by atoms with E-state index >= 15 is 0 Å². The van der Waals surface area contributed by atoms with Crippen molar-refractivity contribution in [1.82, 2.24) is 0 Å². The maximum Gasteiger partial charge on any atom is 0.277 e. The average Bonchev–Trinajstić information content (AvgIpc) is 1.86. The van der Waals surface area contributed by atoms with Crippen molar-refractivity contribution < 1.29 is 9.84 Å². The summed E-state index contributed by atoms with van der Waals surface area (Å²) in [6.45, 7) is 0. The molecule has 6 heavy (non-hydrogen) atoms. The van der Waals surface area contributed by atoms with Gasteiger partial charge in [0.25, 0.3) is 6.29 Å². The second-order valence-corrected chi connectivity index (χ2v) is 1.09. The monoisotopic (exact) mass is 85.0 g/mol. The highest BCUT2D eigenvalue weighted by Crippen LogP contribution is 2.10. The van der Waals surface area contributed by atoms with Crippen molar-refractivity contribution in [3.63, 3.8) is 0 Å². The standard InChI is InChI=1S/C4H5O2/c5-4-2-1-3-6-4/h1,3,5H,2H2. The Hall–Kier alpha value is -0.500. The first-order valence-corrected chi connectivity index (χ1v) is 1.76. The number of hydrogen-bond donors (Lipinski definition) is 1. The number of hydrogen-bond acceptors (Lipinski definition) is 2. The van der Waals surface area contributed by atoms with E-state index in [1.807, 2.05) is 0 Å². The van der Waals surface area contributed by atoms with Crippen LogP contribution >= 0.6 is 0 Å². The molecular weight excluding hydrogens is 80.0 g/mol. The lowest BCUT2D eigenvalue weighted by atomic mass is 10.5. The van der Waals surface area contributed by atoms with Crippen LogP contribution in [0, 0.1) is 6.29 Å². The molecule has 0 aliphatic carbocycles. The minimum atomic E-state index is 0.0926. The number of ether oxygens (including phenoxy) is 1. The predicted molar refractivity (Wildman–Crippen MR) is 20.0 cm³/mol. The van der Waals surface area contributed by atoms with Gasteiger partial charge >= 0.3 is 0 Å². The van der Waals surface area contributed by atoms with E-state index in [4.69, 9.17) is 5.11 Å². The Kier molecular flexibility index (Phi) is 0.801. The van der Waals surface area contributed by atoms with Crippen LogP contribution in [-0.4, -0.2) is 5.11 Å². The summed E-state index contributed by atoms with van der Waals surface area (Å²) in [6.07, 6.45) is 3.86. The Morgan fingerprint density at radius 2 is 2.67 bits per heavy atom. The van der Waals surface area contributed by atoms with Gasteiger partial charge < -0.3 is 9.84 Å². The van der Waals surface area contributed by atoms with Crippen molar-refractivity contribution in [3.05, 3.63) is 18.6 Å². The maximum atomic E-state index is 8.36. The number of rotatable bonds is 0. The lowest BCUT2D eigenvalue weighted by molar-refractivity contribution is 0.0809. The molecule has 0 saturated carbocycles. The summed E-state index contributed by atoms with van der Waals surface area (Å²) >= 11 is 0. The average molecular weight is 85.1 g/mol. The molecule has 1 aliphatic heterocycles. The van der Waals surface area contributed by atoms with Crippen molar-refractivity contribution in [2.45, 2.75) is 6.42 Å². The van der Waals surface area contributed by atoms with E-state index in [2.05, 4.69) is 4.74 Å². The summed E-state index contributed by atoms with van der Waals surface area (Å²) in [7, 11) is 0. The van der Waals surface area contributed by atoms with Crippen LogP contribution in [0.4, 0.5) is 0 Å². The normalized spacial score (nSPS) is 21.5. The maximum absolute atomic E-state index is 8.36. The van der Waals surface area contributed by atoms with Crippen molar-refractivity contribution in [3.8, 4) is 0 Å². The molecule has 2 nitrogen and oxygen atoms in total. The minimum Gasteiger partial charge on any atom is -0.463 e. The Labute approximate surface area is 36.0 Å². The lowest BCUT2D eigenvalue weighted by Crippen LogP contribution is -1.86. The molecule has 1 heterocycles. The zero-order valence-electron chi connectivity index (χ0n) is 3.22. The molecule has 0 saturated heterocycles. The first-order chi connectivity index (χ1) is 2.89. The largest absolute Gasteiger partial charge is 0.463 e. The smallest absolute Gasteiger partial charge is 0.277 e. The molecule has 0 amide bonds. The fourth-order valence-electron chi connectivity index (χ4n) is 0.324. The van der Waals surface area contributed by atoms with Gasteiger partial charge in [0, 0.05) is 6.42 Å². The van der Waals surface area contributed by atoms with Crippen LogP contribution < -0.4 is 0 Å². The van der Waals surface area contributed by atoms with Crippen LogP contribution in [0.2, 0.25) is 0 Å². The van der Waals surface area contributed by atoms with Crippen LogP contribution in [0.25, 0.3) is 0 Å². The highest BCUT2D eigenvalue weighted by molar-refractivity contribution is 4.90. The molecule has 1 rings (SSSR count). The molecule has 0 fully saturated rings. The number of aliphatic hydroxyl groups excluding tert-OH is 1. The topological polar surface area (TPSA) is 29.5 Å². The lowest BCUT2D eigenvalue weighted by Gasteiger charge is -1.92. The molecule has 0 bridgehead atoms. The molecule has 1 radical (unpaired) electrons. The fourth-order valence-corrected chi connectivity index (χ4v) is 0.324. The van der Waals surface area contributed by atoms with Gasteiger partial charge in [-0.05, 0) is 6.08 Å². The summed E-state index contributed by atoms with van der Waals surface area (Å²) in [4.78, 5) is 0. The molecule has 0 aromatic heterocycles. The highest BCUT2D eigenvalue weighted by atomic mass is 16.6. The van der Waals surface area contributed by atoms with Crippen molar-refractivity contribution >= 4 is 0 Å². The van der Waals surface area contributed by atoms with Crippen molar-refractivity contribution in [1.29, 1.82) is 0 Å². The molecular formula is C4H5O2. The van der Waals surface area contributed by atoms with Gasteiger partial charge in [-0.1, -0.05) is 0 Å². The molecule has 2 heteroatoms. The van der Waals surface area contributed by atoms with Gasteiger partial charge in [-0.15, -0.1) is 0 Å². The zero-order valence-corrected chi connectivity index (χ0v) is 3.22. The molecule has 1 aliphatic rings. The predicted octanol–water partition coefficient (Wildman–Crippen LogP) is 0.782. The van der Waals surface area contributed by atoms with Crippen LogP contribution in [0.5, 0.6) is 0 Å². The summed E-state index contributed by atoms with van der Waals surface area (Å²) < 4.78 is 4.44. The molecule has 1 N–H and O–H groups in total. The Morgan fingerprint density at radius 3 is 2.83 bits per heavy atom.